The van der Waals surface area contributed by atoms with Gasteiger partial charge >= 0.3 is 0 Å². The van der Waals surface area contributed by atoms with Gasteiger partial charge in [-0.1, -0.05) is 29.8 Å². The summed E-state index contributed by atoms with van der Waals surface area (Å²) in [4.78, 5) is 25.0. The van der Waals surface area contributed by atoms with E-state index >= 15 is 0 Å². The second-order valence-corrected chi connectivity index (χ2v) is 6.24. The van der Waals surface area contributed by atoms with E-state index in [0.29, 0.717) is 30.5 Å². The van der Waals surface area contributed by atoms with Crippen LogP contribution in [0.25, 0.3) is 11.4 Å². The van der Waals surface area contributed by atoms with Gasteiger partial charge in [-0.25, -0.2) is 4.98 Å². The molecule has 1 aromatic carbocycles. The van der Waals surface area contributed by atoms with Gasteiger partial charge in [0.15, 0.2) is 12.4 Å². The van der Waals surface area contributed by atoms with Gasteiger partial charge in [-0.05, 0) is 24.6 Å². The first-order valence-electron chi connectivity index (χ1n) is 8.86. The zero-order valence-electron chi connectivity index (χ0n) is 15.9. The Kier molecular flexibility index (Phi) is 6.64. The third-order valence-electron chi connectivity index (χ3n) is 3.95. The number of nitrogens with one attached hydrogen (secondary N) is 1. The number of hydrogen-bond acceptors (Lipinski definition) is 6. The van der Waals surface area contributed by atoms with E-state index in [1.807, 2.05) is 43.3 Å². The number of methoxy groups -OCH3 is 1. The van der Waals surface area contributed by atoms with Crippen molar-refractivity contribution in [3.8, 4) is 17.3 Å². The summed E-state index contributed by atoms with van der Waals surface area (Å²) in [6.45, 7) is 2.65. The van der Waals surface area contributed by atoms with Gasteiger partial charge < -0.3 is 14.8 Å². The molecule has 7 heteroatoms. The molecule has 0 fully saturated rings. The smallest absolute Gasteiger partial charge is 0.258 e. The minimum Gasteiger partial charge on any atom is -0.467 e. The summed E-state index contributed by atoms with van der Waals surface area (Å²) in [7, 11) is 1.59. The Labute approximate surface area is 163 Å². The zero-order chi connectivity index (χ0) is 19.8. The molecule has 0 radical (unpaired) electrons. The van der Waals surface area contributed by atoms with Crippen LogP contribution in [0.4, 0.5) is 0 Å². The summed E-state index contributed by atoms with van der Waals surface area (Å²) in [5.74, 6) is 0.587. The molecule has 1 amide bonds. The van der Waals surface area contributed by atoms with Crippen molar-refractivity contribution < 1.29 is 14.3 Å². The lowest BCUT2D eigenvalue weighted by Gasteiger charge is -2.10. The first kappa shape index (κ1) is 19.4. The van der Waals surface area contributed by atoms with Crippen LogP contribution in [0.2, 0.25) is 0 Å². The van der Waals surface area contributed by atoms with Gasteiger partial charge in [0.2, 0.25) is 5.88 Å². The van der Waals surface area contributed by atoms with E-state index in [-0.39, 0.29) is 12.5 Å². The van der Waals surface area contributed by atoms with E-state index in [1.54, 1.807) is 25.6 Å². The van der Waals surface area contributed by atoms with Crippen molar-refractivity contribution in [3.63, 3.8) is 0 Å². The number of carbonyl (C=O) groups is 1. The number of amides is 1. The number of aryl methyl sites for hydroxylation is 1. The van der Waals surface area contributed by atoms with E-state index in [2.05, 4.69) is 20.3 Å². The molecule has 0 aliphatic heterocycles. The molecule has 28 heavy (non-hydrogen) atoms. The normalized spacial score (nSPS) is 10.5. The minimum atomic E-state index is -0.224. The molecule has 0 aliphatic carbocycles. The van der Waals surface area contributed by atoms with Gasteiger partial charge in [0, 0.05) is 37.7 Å². The predicted molar refractivity (Wildman–Crippen MR) is 104 cm³/mol. The van der Waals surface area contributed by atoms with Crippen LogP contribution in [-0.2, 0) is 22.7 Å². The standard InChI is InChI=1S/C21H22N4O3/c1-15-3-5-16(6-4-15)12-23-19(26)14-28-20-11-18(13-27-2)24-21(25-20)17-7-9-22-10-8-17/h3-11H,12-14H2,1-2H3,(H,23,26). The van der Waals surface area contributed by atoms with Crippen LogP contribution in [0.3, 0.4) is 0 Å². The van der Waals surface area contributed by atoms with Crippen LogP contribution in [0.1, 0.15) is 16.8 Å². The molecule has 0 bridgehead atoms. The summed E-state index contributed by atoms with van der Waals surface area (Å²) in [5.41, 5.74) is 3.68. The molecule has 2 heterocycles. The number of hydrogen-bond donors (Lipinski definition) is 1. The van der Waals surface area contributed by atoms with E-state index in [4.69, 9.17) is 9.47 Å². The van der Waals surface area contributed by atoms with Crippen LogP contribution < -0.4 is 10.1 Å². The Morgan fingerprint density at radius 2 is 1.82 bits per heavy atom. The first-order chi connectivity index (χ1) is 13.6. The number of benzene rings is 1. The van der Waals surface area contributed by atoms with Gasteiger partial charge in [-0.3, -0.25) is 9.78 Å². The first-order valence-corrected chi connectivity index (χ1v) is 8.86. The van der Waals surface area contributed by atoms with Crippen LogP contribution in [0.5, 0.6) is 5.88 Å². The van der Waals surface area contributed by atoms with Crippen molar-refractivity contribution in [3.05, 3.63) is 71.7 Å². The number of nitrogens with zero attached hydrogens (tertiary/aromatic N) is 3. The fourth-order valence-corrected chi connectivity index (χ4v) is 2.50. The third-order valence-corrected chi connectivity index (χ3v) is 3.95. The average molecular weight is 378 g/mol. The minimum absolute atomic E-state index is 0.134. The average Bonchev–Trinajstić information content (AvgIpc) is 2.72. The van der Waals surface area contributed by atoms with Crippen molar-refractivity contribution in [1.82, 2.24) is 20.3 Å². The van der Waals surface area contributed by atoms with E-state index in [9.17, 15) is 4.79 Å². The molecule has 2 aromatic heterocycles. The monoisotopic (exact) mass is 378 g/mol. The summed E-state index contributed by atoms with van der Waals surface area (Å²) < 4.78 is 10.7. The predicted octanol–water partition coefficient (Wildman–Crippen LogP) is 2.69. The fraction of sp³-hybridized carbons (Fsp3) is 0.238. The number of aromatic nitrogens is 3. The van der Waals surface area contributed by atoms with Crippen molar-refractivity contribution in [2.24, 2.45) is 0 Å². The van der Waals surface area contributed by atoms with Gasteiger partial charge in [0.25, 0.3) is 5.91 Å². The van der Waals surface area contributed by atoms with E-state index < -0.39 is 0 Å². The van der Waals surface area contributed by atoms with Crippen molar-refractivity contribution in [1.29, 1.82) is 0 Å². The number of carbonyl (C=O) groups excluding carboxylic acids is 1. The van der Waals surface area contributed by atoms with Crippen LogP contribution in [0.15, 0.2) is 54.9 Å². The molecule has 0 saturated heterocycles. The lowest BCUT2D eigenvalue weighted by molar-refractivity contribution is -0.123. The molecular weight excluding hydrogens is 356 g/mol. The molecule has 3 rings (SSSR count). The Bertz CT molecular complexity index is 915. The van der Waals surface area contributed by atoms with Gasteiger partial charge in [-0.2, -0.15) is 4.98 Å². The maximum atomic E-state index is 12.1. The number of pyridine rings is 1. The summed E-state index contributed by atoms with van der Waals surface area (Å²) in [6.07, 6.45) is 3.33. The largest absolute Gasteiger partial charge is 0.467 e. The molecule has 1 N–H and O–H groups in total. The molecule has 0 unspecified atom stereocenters. The highest BCUT2D eigenvalue weighted by Crippen LogP contribution is 2.19. The third kappa shape index (κ3) is 5.59. The topological polar surface area (TPSA) is 86.2 Å². The Morgan fingerprint density at radius 1 is 1.07 bits per heavy atom. The highest BCUT2D eigenvalue weighted by atomic mass is 16.5. The summed E-state index contributed by atoms with van der Waals surface area (Å²) in [5, 5.41) is 2.83. The molecule has 7 nitrogen and oxygen atoms in total. The molecule has 3 aromatic rings. The number of ether oxygens (including phenoxy) is 2. The second kappa shape index (κ2) is 9.57. The molecule has 0 atom stereocenters. The molecular formula is C21H22N4O3. The molecule has 0 spiro atoms. The van der Waals surface area contributed by atoms with Gasteiger partial charge in [0.1, 0.15) is 0 Å². The van der Waals surface area contributed by atoms with E-state index in [0.717, 1.165) is 11.1 Å². The van der Waals surface area contributed by atoms with Crippen molar-refractivity contribution >= 4 is 5.91 Å². The van der Waals surface area contributed by atoms with Crippen LogP contribution >= 0.6 is 0 Å². The lowest BCUT2D eigenvalue weighted by atomic mass is 10.1. The SMILES string of the molecule is COCc1cc(OCC(=O)NCc2ccc(C)cc2)nc(-c2ccncc2)n1. The van der Waals surface area contributed by atoms with Gasteiger partial charge in [-0.15, -0.1) is 0 Å². The van der Waals surface area contributed by atoms with Crippen molar-refractivity contribution in [2.45, 2.75) is 20.1 Å². The Balaban J connectivity index is 1.63. The highest BCUT2D eigenvalue weighted by molar-refractivity contribution is 5.77. The molecule has 0 aliphatic rings. The van der Waals surface area contributed by atoms with E-state index in [1.165, 1.54) is 5.56 Å². The highest BCUT2D eigenvalue weighted by Gasteiger charge is 2.10. The Morgan fingerprint density at radius 3 is 2.54 bits per heavy atom. The lowest BCUT2D eigenvalue weighted by Crippen LogP contribution is -2.28. The maximum Gasteiger partial charge on any atom is 0.258 e. The van der Waals surface area contributed by atoms with Crippen LogP contribution in [-0.4, -0.2) is 34.6 Å². The van der Waals surface area contributed by atoms with Crippen molar-refractivity contribution in [2.75, 3.05) is 13.7 Å². The molecule has 144 valence electrons. The fourth-order valence-electron chi connectivity index (χ4n) is 2.50. The maximum absolute atomic E-state index is 12.1. The Hall–Kier alpha value is -3.32. The number of rotatable bonds is 8. The summed E-state index contributed by atoms with van der Waals surface area (Å²) >= 11 is 0. The van der Waals surface area contributed by atoms with Crippen LogP contribution in [0, 0.1) is 6.92 Å². The molecule has 0 saturated carbocycles. The van der Waals surface area contributed by atoms with Gasteiger partial charge in [0.05, 0.1) is 12.3 Å². The quantitative estimate of drug-likeness (QED) is 0.649. The summed E-state index contributed by atoms with van der Waals surface area (Å²) in [6, 6.07) is 13.3. The second-order valence-electron chi connectivity index (χ2n) is 6.24. The zero-order valence-corrected chi connectivity index (χ0v) is 15.9.